The fourth-order valence-electron chi connectivity index (χ4n) is 0. The Morgan fingerprint density at radius 2 is 0.800 bits per heavy atom. The molecule has 0 nitrogen and oxygen atoms in total. The van der Waals surface area contributed by atoms with Crippen LogP contribution in [-0.4, -0.2) is 6.38 Å². The Kier molecular flexibility index (Phi) is 3140. The van der Waals surface area contributed by atoms with Crippen molar-refractivity contribution in [1.82, 2.24) is 0 Å². The van der Waals surface area contributed by atoms with Gasteiger partial charge in [0.25, 0.3) is 0 Å². The fourth-order valence-corrected chi connectivity index (χ4v) is 0. The van der Waals surface area contributed by atoms with E-state index in [1.54, 1.807) is 0 Å². The summed E-state index contributed by atoms with van der Waals surface area (Å²) < 4.78 is 0. The smallest absolute Gasteiger partial charge is 1.00 e. The van der Waals surface area contributed by atoms with Gasteiger partial charge in [-0.1, -0.05) is 28.7 Å². The zero-order valence-electron chi connectivity index (χ0n) is 6.76. The molecule has 0 aromatic rings. The molecule has 0 heterocycles. The summed E-state index contributed by atoms with van der Waals surface area (Å²) in [5.41, 5.74) is 0. The summed E-state index contributed by atoms with van der Waals surface area (Å²) in [5.74, 6) is 0. The van der Waals surface area contributed by atoms with Gasteiger partial charge >= 0.3 is 37.7 Å². The zero-order valence-corrected chi connectivity index (χ0v) is 8.27. The van der Waals surface area contributed by atoms with Crippen molar-refractivity contribution in [3.05, 3.63) is 7.43 Å². The number of halogens is 2. The summed E-state index contributed by atoms with van der Waals surface area (Å²) >= 11 is 4.64. The van der Waals surface area contributed by atoms with Gasteiger partial charge < -0.3 is 19.8 Å². The van der Waals surface area contributed by atoms with E-state index in [1.165, 1.54) is 6.38 Å². The molecule has 0 aromatic heterocycles. The van der Waals surface area contributed by atoms with Gasteiger partial charge in [0, 0.05) is 6.38 Å². The van der Waals surface area contributed by atoms with Crippen LogP contribution >= 0.6 is 11.6 Å². The van der Waals surface area contributed by atoms with Crippen molar-refractivity contribution in [3.63, 3.8) is 0 Å². The van der Waals surface area contributed by atoms with E-state index in [2.05, 4.69) is 11.6 Å². The first-order valence-electron chi connectivity index (χ1n) is 1.38. The zero-order chi connectivity index (χ0) is 4.00. The summed E-state index contributed by atoms with van der Waals surface area (Å²) in [6.07, 6.45) is 1.47. The third-order valence-corrected chi connectivity index (χ3v) is 0. The van der Waals surface area contributed by atoms with Gasteiger partial charge in [0.05, 0.1) is 0 Å². The third kappa shape index (κ3) is 239. The summed E-state index contributed by atoms with van der Waals surface area (Å²) in [4.78, 5) is 0. The minimum atomic E-state index is 0. The number of hydrogen-bond donors (Lipinski definition) is 0. The second-order valence-electron chi connectivity index (χ2n) is 0. The summed E-state index contributed by atoms with van der Waals surface area (Å²) in [7, 11) is 0. The Balaban J connectivity index is -0.000000000833. The van der Waals surface area contributed by atoms with Crippen molar-refractivity contribution in [1.29, 1.82) is 0 Å². The van der Waals surface area contributed by atoms with Gasteiger partial charge in [0.2, 0.25) is 0 Å². The molecular formula is C6H20Cl2Li2. The van der Waals surface area contributed by atoms with E-state index in [0.717, 1.165) is 0 Å². The molecule has 0 fully saturated rings. The molecule has 60 valence electrons. The Labute approximate surface area is 104 Å². The van der Waals surface area contributed by atoms with Crippen molar-refractivity contribution in [2.24, 2.45) is 0 Å². The maximum atomic E-state index is 4.64. The molecule has 0 saturated heterocycles. The first-order valence-corrected chi connectivity index (χ1v) is 2.13. The van der Waals surface area contributed by atoms with Gasteiger partial charge in [-0.15, -0.1) is 11.6 Å². The third-order valence-electron chi connectivity index (χ3n) is 0. The van der Waals surface area contributed by atoms with Crippen LogP contribution in [-0.2, 0) is 0 Å². The first kappa shape index (κ1) is 95.9. The molecule has 4 heteroatoms. The molecule has 0 atom stereocenters. The van der Waals surface area contributed by atoms with Gasteiger partial charge in [-0.05, 0) is 0 Å². The van der Waals surface area contributed by atoms with Crippen LogP contribution < -0.4 is 50.1 Å². The van der Waals surface area contributed by atoms with Crippen LogP contribution in [0.25, 0.3) is 0 Å². The molecule has 0 N–H and O–H groups in total. The van der Waals surface area contributed by atoms with Gasteiger partial charge in [-0.3, -0.25) is 0 Å². The second kappa shape index (κ2) is 327. The molecule has 10 heavy (non-hydrogen) atoms. The van der Waals surface area contributed by atoms with Crippen molar-refractivity contribution in [2.75, 3.05) is 6.38 Å². The van der Waals surface area contributed by atoms with E-state index >= 15 is 0 Å². The summed E-state index contributed by atoms with van der Waals surface area (Å²) in [5, 5.41) is 0. The normalized spacial score (nSPS) is 1.20. The molecule has 0 saturated carbocycles. The molecule has 0 bridgehead atoms. The standard InChI is InChI=1S/C2H6.CH3Cl.2CH4.CH3.ClH.2Li/c2*1-2;;;;;;/h1-2H3;1H3;2*1H4;1H3;1H;;/q;;;;-1;;2*+1/p-1. The average molecular weight is 177 g/mol. The van der Waals surface area contributed by atoms with E-state index in [1.807, 2.05) is 13.8 Å². The summed E-state index contributed by atoms with van der Waals surface area (Å²) in [6.45, 7) is 4.00. The SMILES string of the molecule is C.C.CC.CCl.[CH3-].[Cl-].[Li+].[Li+]. The minimum Gasteiger partial charge on any atom is -1.00 e. The average Bonchev–Trinajstić information content (AvgIpc) is 1.50. The topological polar surface area (TPSA) is 0 Å². The fraction of sp³-hybridized carbons (Fsp3) is 0.833. The van der Waals surface area contributed by atoms with Crippen molar-refractivity contribution in [3.8, 4) is 0 Å². The molecule has 0 aromatic carbocycles. The van der Waals surface area contributed by atoms with Crippen molar-refractivity contribution >= 4 is 11.6 Å². The molecule has 0 spiro atoms. The second-order valence-corrected chi connectivity index (χ2v) is 0. The Morgan fingerprint density at radius 3 is 0.800 bits per heavy atom. The molecular weight excluding hydrogens is 157 g/mol. The van der Waals surface area contributed by atoms with Crippen LogP contribution in [0.1, 0.15) is 28.7 Å². The van der Waals surface area contributed by atoms with Crippen molar-refractivity contribution in [2.45, 2.75) is 28.7 Å². The quantitative estimate of drug-likeness (QED) is 0.197. The first-order chi connectivity index (χ1) is 2.00. The Hall–Kier alpha value is 1.77. The monoisotopic (exact) mass is 176 g/mol. The number of rotatable bonds is 0. The van der Waals surface area contributed by atoms with Crippen LogP contribution in [0.3, 0.4) is 0 Å². The molecule has 0 radical (unpaired) electrons. The summed E-state index contributed by atoms with van der Waals surface area (Å²) in [6, 6.07) is 0. The number of hydrogen-bond acceptors (Lipinski definition) is 0. The van der Waals surface area contributed by atoms with Crippen LogP contribution in [0.15, 0.2) is 0 Å². The molecule has 0 aliphatic carbocycles. The maximum absolute atomic E-state index is 4.64. The molecule has 0 aliphatic heterocycles. The van der Waals surface area contributed by atoms with E-state index < -0.39 is 0 Å². The Bertz CT molecular complexity index is 13.7. The predicted octanol–water partition coefficient (Wildman–Crippen LogP) is -5.38. The molecule has 0 unspecified atom stereocenters. The largest absolute Gasteiger partial charge is 1.00 e. The maximum Gasteiger partial charge on any atom is 1.00 e. The van der Waals surface area contributed by atoms with Crippen molar-refractivity contribution < 1.29 is 50.1 Å². The van der Waals surface area contributed by atoms with Crippen LogP contribution in [0.2, 0.25) is 0 Å². The molecule has 0 amide bonds. The van der Waals surface area contributed by atoms with E-state index in [-0.39, 0.29) is 72.4 Å². The van der Waals surface area contributed by atoms with Crippen LogP contribution in [0, 0.1) is 7.43 Å². The van der Waals surface area contributed by atoms with E-state index in [0.29, 0.717) is 0 Å². The minimum absolute atomic E-state index is 0. The van der Waals surface area contributed by atoms with Gasteiger partial charge in [-0.25, -0.2) is 0 Å². The molecule has 0 rings (SSSR count). The Morgan fingerprint density at radius 1 is 0.800 bits per heavy atom. The van der Waals surface area contributed by atoms with Gasteiger partial charge in [-0.2, -0.15) is 0 Å². The number of alkyl halides is 1. The van der Waals surface area contributed by atoms with Gasteiger partial charge in [0.15, 0.2) is 0 Å². The van der Waals surface area contributed by atoms with E-state index in [4.69, 9.17) is 0 Å². The van der Waals surface area contributed by atoms with Gasteiger partial charge in [0.1, 0.15) is 0 Å². The predicted molar refractivity (Wildman–Crippen MR) is 43.0 cm³/mol. The van der Waals surface area contributed by atoms with Crippen LogP contribution in [0.4, 0.5) is 0 Å². The van der Waals surface area contributed by atoms with E-state index in [9.17, 15) is 0 Å². The van der Waals surface area contributed by atoms with Crippen LogP contribution in [0.5, 0.6) is 0 Å². The molecule has 0 aliphatic rings.